The van der Waals surface area contributed by atoms with Crippen molar-refractivity contribution in [2.24, 2.45) is 0 Å². The molecule has 0 aliphatic rings. The van der Waals surface area contributed by atoms with Crippen molar-refractivity contribution < 1.29 is 14.7 Å². The summed E-state index contributed by atoms with van der Waals surface area (Å²) >= 11 is 0. The number of phenols is 1. The molecule has 2 rings (SSSR count). The number of amides is 3. The third-order valence-electron chi connectivity index (χ3n) is 3.99. The zero-order valence-electron chi connectivity index (χ0n) is 15.3. The van der Waals surface area contributed by atoms with Gasteiger partial charge in [-0.3, -0.25) is 4.79 Å². The van der Waals surface area contributed by atoms with E-state index in [4.69, 9.17) is 0 Å². The van der Waals surface area contributed by atoms with E-state index in [9.17, 15) is 14.7 Å². The van der Waals surface area contributed by atoms with Gasteiger partial charge < -0.3 is 21.1 Å². The molecule has 138 valence electrons. The molecule has 2 aromatic rings. The van der Waals surface area contributed by atoms with Crippen LogP contribution in [0.15, 0.2) is 42.5 Å². The molecule has 2 aromatic carbocycles. The monoisotopic (exact) mass is 355 g/mol. The van der Waals surface area contributed by atoms with Crippen LogP contribution in [0.3, 0.4) is 0 Å². The molecule has 0 bridgehead atoms. The second-order valence-corrected chi connectivity index (χ2v) is 6.42. The van der Waals surface area contributed by atoms with E-state index in [-0.39, 0.29) is 23.7 Å². The number of hydrogen-bond donors (Lipinski definition) is 4. The standard InChI is InChI=1S/C20H25N3O3/c1-13-4-9-17(22-15(3)24)12-19(13)23-20(26)21-14(2)5-6-16-7-10-18(25)11-8-16/h4,7-12,14,25H,5-6H2,1-3H3,(H,22,24)(H2,21,23,26)/t14-/m0/s1. The first-order valence-electron chi connectivity index (χ1n) is 8.57. The lowest BCUT2D eigenvalue weighted by atomic mass is 10.1. The lowest BCUT2D eigenvalue weighted by Gasteiger charge is -2.16. The first-order valence-corrected chi connectivity index (χ1v) is 8.57. The first kappa shape index (κ1) is 19.3. The molecule has 6 nitrogen and oxygen atoms in total. The van der Waals surface area contributed by atoms with Gasteiger partial charge in [0.25, 0.3) is 0 Å². The highest BCUT2D eigenvalue weighted by molar-refractivity contribution is 5.93. The van der Waals surface area contributed by atoms with Crippen molar-refractivity contribution in [3.8, 4) is 5.75 Å². The average Bonchev–Trinajstić information content (AvgIpc) is 2.57. The molecule has 0 heterocycles. The smallest absolute Gasteiger partial charge is 0.319 e. The van der Waals surface area contributed by atoms with Crippen LogP contribution < -0.4 is 16.0 Å². The highest BCUT2D eigenvalue weighted by Crippen LogP contribution is 2.20. The van der Waals surface area contributed by atoms with Gasteiger partial charge in [-0.1, -0.05) is 18.2 Å². The Hall–Kier alpha value is -3.02. The lowest BCUT2D eigenvalue weighted by Crippen LogP contribution is -2.36. The fourth-order valence-electron chi connectivity index (χ4n) is 2.54. The summed E-state index contributed by atoms with van der Waals surface area (Å²) in [6.45, 7) is 5.28. The van der Waals surface area contributed by atoms with Crippen molar-refractivity contribution in [1.82, 2.24) is 5.32 Å². The molecule has 0 unspecified atom stereocenters. The number of hydrogen-bond acceptors (Lipinski definition) is 3. The van der Waals surface area contributed by atoms with Gasteiger partial charge in [0.1, 0.15) is 5.75 Å². The number of rotatable bonds is 6. The minimum atomic E-state index is -0.286. The van der Waals surface area contributed by atoms with Gasteiger partial charge in [0, 0.05) is 24.3 Å². The van der Waals surface area contributed by atoms with Crippen LogP contribution >= 0.6 is 0 Å². The maximum absolute atomic E-state index is 12.2. The van der Waals surface area contributed by atoms with Crippen LogP contribution in [0.1, 0.15) is 31.4 Å². The molecule has 0 saturated carbocycles. The van der Waals surface area contributed by atoms with Gasteiger partial charge in [0.15, 0.2) is 0 Å². The van der Waals surface area contributed by atoms with Crippen molar-refractivity contribution in [2.75, 3.05) is 10.6 Å². The molecule has 0 spiro atoms. The second-order valence-electron chi connectivity index (χ2n) is 6.42. The van der Waals surface area contributed by atoms with Crippen molar-refractivity contribution in [3.63, 3.8) is 0 Å². The van der Waals surface area contributed by atoms with Gasteiger partial charge in [-0.15, -0.1) is 0 Å². The fourth-order valence-corrected chi connectivity index (χ4v) is 2.54. The predicted octanol–water partition coefficient (Wildman–Crippen LogP) is 3.80. The number of aryl methyl sites for hydroxylation is 2. The van der Waals surface area contributed by atoms with Crippen LogP contribution in [0, 0.1) is 6.92 Å². The number of carbonyl (C=O) groups is 2. The lowest BCUT2D eigenvalue weighted by molar-refractivity contribution is -0.114. The van der Waals surface area contributed by atoms with Crippen LogP contribution in [0.4, 0.5) is 16.2 Å². The zero-order chi connectivity index (χ0) is 19.1. The number of carbonyl (C=O) groups excluding carboxylic acids is 2. The van der Waals surface area contributed by atoms with Crippen LogP contribution in [0.25, 0.3) is 0 Å². The molecule has 0 aliphatic heterocycles. The summed E-state index contributed by atoms with van der Waals surface area (Å²) in [6.07, 6.45) is 1.59. The Morgan fingerprint density at radius 2 is 1.77 bits per heavy atom. The van der Waals surface area contributed by atoms with E-state index in [2.05, 4.69) is 16.0 Å². The maximum Gasteiger partial charge on any atom is 0.319 e. The van der Waals surface area contributed by atoms with Gasteiger partial charge in [-0.2, -0.15) is 0 Å². The third kappa shape index (κ3) is 6.12. The number of aromatic hydroxyl groups is 1. The molecule has 0 aliphatic carbocycles. The summed E-state index contributed by atoms with van der Waals surface area (Å²) in [4.78, 5) is 23.4. The number of urea groups is 1. The highest BCUT2D eigenvalue weighted by Gasteiger charge is 2.10. The third-order valence-corrected chi connectivity index (χ3v) is 3.99. The molecule has 0 saturated heterocycles. The maximum atomic E-state index is 12.2. The molecular formula is C20H25N3O3. The minimum absolute atomic E-state index is 0.0114. The van der Waals surface area contributed by atoms with Crippen LogP contribution in [0.5, 0.6) is 5.75 Å². The van der Waals surface area contributed by atoms with E-state index >= 15 is 0 Å². The van der Waals surface area contributed by atoms with E-state index in [0.717, 1.165) is 24.0 Å². The fraction of sp³-hybridized carbons (Fsp3) is 0.300. The zero-order valence-corrected chi connectivity index (χ0v) is 15.3. The summed E-state index contributed by atoms with van der Waals surface area (Å²) in [7, 11) is 0. The van der Waals surface area contributed by atoms with Gasteiger partial charge in [0.05, 0.1) is 0 Å². The van der Waals surface area contributed by atoms with Crippen molar-refractivity contribution in [2.45, 2.75) is 39.7 Å². The topological polar surface area (TPSA) is 90.5 Å². The molecule has 4 N–H and O–H groups in total. The summed E-state index contributed by atoms with van der Waals surface area (Å²) in [6, 6.07) is 12.1. The Bertz CT molecular complexity index is 772. The molecule has 0 aromatic heterocycles. The van der Waals surface area contributed by atoms with Gasteiger partial charge in [0.2, 0.25) is 5.91 Å². The molecule has 0 radical (unpaired) electrons. The Morgan fingerprint density at radius 3 is 2.42 bits per heavy atom. The molecule has 1 atom stereocenters. The van der Waals surface area contributed by atoms with E-state index in [1.807, 2.05) is 32.0 Å². The quantitative estimate of drug-likeness (QED) is 0.635. The van der Waals surface area contributed by atoms with Crippen LogP contribution in [-0.2, 0) is 11.2 Å². The van der Waals surface area contributed by atoms with Crippen molar-refractivity contribution >= 4 is 23.3 Å². The molecule has 3 amide bonds. The Kier molecular flexibility index (Phi) is 6.60. The number of phenolic OH excluding ortho intramolecular Hbond substituents is 1. The normalized spacial score (nSPS) is 11.5. The Morgan fingerprint density at radius 1 is 1.08 bits per heavy atom. The summed E-state index contributed by atoms with van der Waals surface area (Å²) in [5.41, 5.74) is 3.31. The van der Waals surface area contributed by atoms with E-state index in [1.54, 1.807) is 24.3 Å². The van der Waals surface area contributed by atoms with Crippen molar-refractivity contribution in [3.05, 3.63) is 53.6 Å². The predicted molar refractivity (Wildman–Crippen MR) is 104 cm³/mol. The van der Waals surface area contributed by atoms with E-state index in [0.29, 0.717) is 11.4 Å². The van der Waals surface area contributed by atoms with Gasteiger partial charge in [-0.25, -0.2) is 4.79 Å². The van der Waals surface area contributed by atoms with Crippen molar-refractivity contribution in [1.29, 1.82) is 0 Å². The summed E-state index contributed by atoms with van der Waals surface area (Å²) in [5.74, 6) is 0.0864. The Labute approximate surface area is 153 Å². The SMILES string of the molecule is CC(=O)Nc1ccc(C)c(NC(=O)N[C@@H](C)CCc2ccc(O)cc2)c1. The second kappa shape index (κ2) is 8.89. The molecule has 6 heteroatoms. The van der Waals surface area contributed by atoms with Gasteiger partial charge >= 0.3 is 6.03 Å². The Balaban J connectivity index is 1.87. The highest BCUT2D eigenvalue weighted by atomic mass is 16.3. The summed E-state index contributed by atoms with van der Waals surface area (Å²) < 4.78 is 0. The average molecular weight is 355 g/mol. The first-order chi connectivity index (χ1) is 12.3. The molecule has 0 fully saturated rings. The summed E-state index contributed by atoms with van der Waals surface area (Å²) in [5, 5.41) is 17.7. The van der Waals surface area contributed by atoms with E-state index < -0.39 is 0 Å². The number of benzene rings is 2. The number of anilines is 2. The minimum Gasteiger partial charge on any atom is -0.508 e. The largest absolute Gasteiger partial charge is 0.508 e. The van der Waals surface area contributed by atoms with Crippen LogP contribution in [0.2, 0.25) is 0 Å². The number of nitrogens with one attached hydrogen (secondary N) is 3. The van der Waals surface area contributed by atoms with Crippen LogP contribution in [-0.4, -0.2) is 23.1 Å². The van der Waals surface area contributed by atoms with Gasteiger partial charge in [-0.05, 0) is 62.1 Å². The molecule has 26 heavy (non-hydrogen) atoms. The van der Waals surface area contributed by atoms with E-state index in [1.165, 1.54) is 6.92 Å². The molecular weight excluding hydrogens is 330 g/mol.